The van der Waals surface area contributed by atoms with Crippen molar-refractivity contribution < 1.29 is 0 Å². The maximum atomic E-state index is 2.54. The molecule has 21 heavy (non-hydrogen) atoms. The first-order chi connectivity index (χ1) is 9.84. The molecule has 0 unspecified atom stereocenters. The van der Waals surface area contributed by atoms with E-state index in [0.717, 1.165) is 0 Å². The van der Waals surface area contributed by atoms with Crippen LogP contribution in [0.2, 0.25) is 0 Å². The Morgan fingerprint density at radius 2 is 1.24 bits per heavy atom. The first-order valence-electron chi connectivity index (χ1n) is 8.07. The van der Waals surface area contributed by atoms with Crippen LogP contribution in [0.1, 0.15) is 41.5 Å². The van der Waals surface area contributed by atoms with Crippen molar-refractivity contribution in [3.8, 4) is 0 Å². The lowest BCUT2D eigenvalue weighted by Gasteiger charge is -2.44. The van der Waals surface area contributed by atoms with Crippen molar-refractivity contribution in [2.75, 3.05) is 0 Å². The van der Waals surface area contributed by atoms with Crippen molar-refractivity contribution in [2.24, 2.45) is 5.41 Å². The average molecular weight is 281 g/mol. The maximum Gasteiger partial charge on any atom is 0.229 e. The van der Waals surface area contributed by atoms with Crippen molar-refractivity contribution in [3.63, 3.8) is 0 Å². The topological polar surface area (TPSA) is 3.24 Å². The van der Waals surface area contributed by atoms with Crippen molar-refractivity contribution in [3.05, 3.63) is 63.0 Å². The fourth-order valence-corrected chi connectivity index (χ4v) is 3.38. The summed E-state index contributed by atoms with van der Waals surface area (Å²) in [6.07, 6.45) is 18.0. The van der Waals surface area contributed by atoms with Crippen LogP contribution in [0.4, 0.5) is 0 Å². The minimum atomic E-state index is 0.0714. The van der Waals surface area contributed by atoms with Crippen LogP contribution in [0, 0.1) is 68.4 Å². The molecule has 1 aliphatic carbocycles. The van der Waals surface area contributed by atoms with Crippen LogP contribution in [-0.4, -0.2) is 23.7 Å². The zero-order valence-electron chi connectivity index (χ0n) is 14.3. The minimum absolute atomic E-state index is 0.0714. The quantitative estimate of drug-likeness (QED) is 0.688. The molecule has 112 valence electrons. The Kier molecular flexibility index (Phi) is 5.85. The van der Waals surface area contributed by atoms with Crippen LogP contribution in [0.3, 0.4) is 0 Å². The third-order valence-corrected chi connectivity index (χ3v) is 4.59. The summed E-state index contributed by atoms with van der Waals surface area (Å²) < 4.78 is 0. The molecule has 10 radical (unpaired) electrons. The molecular formula is C19H28BN. The molecule has 0 aromatic carbocycles. The van der Waals surface area contributed by atoms with Crippen LogP contribution in [0.15, 0.2) is 0 Å². The van der Waals surface area contributed by atoms with Gasteiger partial charge >= 0.3 is 0 Å². The third kappa shape index (κ3) is 3.87. The molecule has 1 saturated heterocycles. The number of nitrogens with zero attached hydrogens (tertiary/aromatic N) is 1. The Bertz CT molecular complexity index is 302. The molecule has 0 N–H and O–H groups in total. The highest BCUT2D eigenvalue weighted by molar-refractivity contribution is 6.65. The highest BCUT2D eigenvalue weighted by Gasteiger charge is 2.43. The third-order valence-electron chi connectivity index (χ3n) is 4.59. The molecule has 2 aliphatic rings. The largest absolute Gasteiger partial charge is 0.337 e. The van der Waals surface area contributed by atoms with E-state index in [1.807, 2.05) is 0 Å². The van der Waals surface area contributed by atoms with Gasteiger partial charge in [-0.3, -0.25) is 0 Å². The second kappa shape index (κ2) is 7.07. The molecule has 0 aromatic heterocycles. The van der Waals surface area contributed by atoms with Gasteiger partial charge < -0.3 is 4.81 Å². The normalized spacial score (nSPS) is 23.0. The maximum absolute atomic E-state index is 2.54. The first-order valence-corrected chi connectivity index (χ1v) is 8.07. The molecule has 1 aliphatic heterocycles. The lowest BCUT2D eigenvalue weighted by Crippen LogP contribution is -2.52. The zero-order chi connectivity index (χ0) is 15.6. The fourth-order valence-electron chi connectivity index (χ4n) is 3.38. The van der Waals surface area contributed by atoms with Gasteiger partial charge in [-0.1, -0.05) is 41.5 Å². The van der Waals surface area contributed by atoms with Gasteiger partial charge in [-0.25, -0.2) is 0 Å². The first kappa shape index (κ1) is 17.4. The van der Waals surface area contributed by atoms with Gasteiger partial charge in [0, 0.05) is 0 Å². The van der Waals surface area contributed by atoms with Crippen molar-refractivity contribution >= 4 is 6.85 Å². The van der Waals surface area contributed by atoms with E-state index in [1.165, 1.54) is 11.8 Å². The Labute approximate surface area is 134 Å². The van der Waals surface area contributed by atoms with Crippen LogP contribution in [0.5, 0.6) is 0 Å². The second-order valence-corrected chi connectivity index (χ2v) is 7.10. The van der Waals surface area contributed by atoms with Gasteiger partial charge in [0.25, 0.3) is 0 Å². The van der Waals surface area contributed by atoms with E-state index < -0.39 is 0 Å². The van der Waals surface area contributed by atoms with Crippen LogP contribution < -0.4 is 0 Å². The average Bonchev–Trinajstić information content (AvgIpc) is 2.93. The van der Waals surface area contributed by atoms with E-state index in [-0.39, 0.29) is 5.41 Å². The molecule has 0 aromatic rings. The molecule has 1 saturated carbocycles. The molecule has 1 nitrogen and oxygen atoms in total. The number of hydrogen-bond donors (Lipinski definition) is 0. The van der Waals surface area contributed by atoms with E-state index in [1.54, 1.807) is 0 Å². The zero-order valence-corrected chi connectivity index (χ0v) is 14.3. The standard InChI is InChI=1S/C19H28BN/c1-15(2)21(16(3)4)20-13-11-18(12-14-20)19(5,6)17-9-7-8-10-17/h7-16H,1-6H3. The molecule has 0 amide bonds. The Morgan fingerprint density at radius 3 is 1.67 bits per heavy atom. The summed E-state index contributed by atoms with van der Waals surface area (Å²) >= 11 is 0. The molecule has 2 heteroatoms. The van der Waals surface area contributed by atoms with Crippen molar-refractivity contribution in [2.45, 2.75) is 53.6 Å². The molecule has 0 bridgehead atoms. The Morgan fingerprint density at radius 1 is 0.810 bits per heavy atom. The van der Waals surface area contributed by atoms with Crippen molar-refractivity contribution in [1.29, 1.82) is 0 Å². The molecule has 2 rings (SSSR count). The second-order valence-electron chi connectivity index (χ2n) is 7.10. The van der Waals surface area contributed by atoms with Gasteiger partial charge in [0.15, 0.2) is 0 Å². The molecule has 0 atom stereocenters. The molecule has 0 spiro atoms. The summed E-state index contributed by atoms with van der Waals surface area (Å²) in [5, 5.41) is 0. The van der Waals surface area contributed by atoms with Gasteiger partial charge in [-0.05, 0) is 80.5 Å². The van der Waals surface area contributed by atoms with E-state index in [2.05, 4.69) is 97.5 Å². The number of rotatable bonds is 5. The van der Waals surface area contributed by atoms with E-state index in [9.17, 15) is 0 Å². The predicted octanol–water partition coefficient (Wildman–Crippen LogP) is 4.01. The van der Waals surface area contributed by atoms with Gasteiger partial charge in [0.2, 0.25) is 6.85 Å². The van der Waals surface area contributed by atoms with Gasteiger partial charge in [0.1, 0.15) is 0 Å². The summed E-state index contributed by atoms with van der Waals surface area (Å²) in [4.78, 5) is 2.54. The Hall–Kier alpha value is 0.0249. The van der Waals surface area contributed by atoms with Crippen molar-refractivity contribution in [1.82, 2.24) is 4.81 Å². The highest BCUT2D eigenvalue weighted by atomic mass is 15.1. The summed E-state index contributed by atoms with van der Waals surface area (Å²) in [5.74, 6) is 2.77. The van der Waals surface area contributed by atoms with E-state index in [4.69, 9.17) is 0 Å². The van der Waals surface area contributed by atoms with Crippen LogP contribution in [0.25, 0.3) is 0 Å². The molecule has 1 heterocycles. The highest BCUT2D eigenvalue weighted by Crippen LogP contribution is 2.49. The smallest absolute Gasteiger partial charge is 0.229 e. The summed E-state index contributed by atoms with van der Waals surface area (Å²) in [5.41, 5.74) is 0.0714. The van der Waals surface area contributed by atoms with Crippen LogP contribution >= 0.6 is 0 Å². The molecule has 2 fully saturated rings. The fraction of sp³-hybridized carbons (Fsp3) is 0.474. The summed E-state index contributed by atoms with van der Waals surface area (Å²) in [6.45, 7) is 14.1. The SMILES string of the molecule is CC(C)N(B1[CH][CH][C](C(C)(C)[C]2[CH][CH][CH][CH]2)[CH][CH]1)C(C)C. The summed E-state index contributed by atoms with van der Waals surface area (Å²) in [7, 11) is 0. The minimum Gasteiger partial charge on any atom is -0.337 e. The monoisotopic (exact) mass is 281 g/mol. The number of hydrogen-bond acceptors (Lipinski definition) is 1. The lowest BCUT2D eigenvalue weighted by atomic mass is 9.45. The van der Waals surface area contributed by atoms with Gasteiger partial charge in [0.05, 0.1) is 0 Å². The van der Waals surface area contributed by atoms with E-state index >= 15 is 0 Å². The van der Waals surface area contributed by atoms with Gasteiger partial charge in [-0.15, -0.1) is 0 Å². The van der Waals surface area contributed by atoms with E-state index in [0.29, 0.717) is 18.9 Å². The summed E-state index contributed by atoms with van der Waals surface area (Å²) in [6, 6.07) is 1.10. The lowest BCUT2D eigenvalue weighted by molar-refractivity contribution is 0.305. The van der Waals surface area contributed by atoms with Crippen LogP contribution in [-0.2, 0) is 0 Å². The Balaban J connectivity index is 1.93. The predicted molar refractivity (Wildman–Crippen MR) is 92.5 cm³/mol. The van der Waals surface area contributed by atoms with Gasteiger partial charge in [-0.2, -0.15) is 0 Å². The molecular weight excluding hydrogens is 253 g/mol.